The Bertz CT molecular complexity index is 450. The van der Waals surface area contributed by atoms with Gasteiger partial charge in [0.1, 0.15) is 5.82 Å². The van der Waals surface area contributed by atoms with Crippen molar-refractivity contribution in [1.82, 2.24) is 24.9 Å². The van der Waals surface area contributed by atoms with Gasteiger partial charge in [0.25, 0.3) is 7.41 Å². The minimum atomic E-state index is 0.391. The number of hydrogen-bond acceptors (Lipinski definition) is 5. The lowest BCUT2D eigenvalue weighted by molar-refractivity contribution is 0.881. The molecule has 0 saturated heterocycles. The first-order valence-corrected chi connectivity index (χ1v) is 4.05. The summed E-state index contributed by atoms with van der Waals surface area (Å²) in [6, 6.07) is 0. The molecule has 0 saturated carbocycles. The molecule has 66 valence electrons. The highest BCUT2D eigenvalue weighted by atomic mass is 15.4. The Morgan fingerprint density at radius 2 is 2.15 bits per heavy atom. The summed E-state index contributed by atoms with van der Waals surface area (Å²) in [4.78, 5) is 8.21. The van der Waals surface area contributed by atoms with Crippen molar-refractivity contribution in [2.75, 3.05) is 5.73 Å². The van der Waals surface area contributed by atoms with Crippen LogP contribution in [0.1, 0.15) is 5.82 Å². The van der Waals surface area contributed by atoms with Gasteiger partial charge >= 0.3 is 0 Å². The third-order valence-electron chi connectivity index (χ3n) is 1.80. The van der Waals surface area contributed by atoms with Crippen LogP contribution in [0, 0.1) is 6.92 Å². The van der Waals surface area contributed by atoms with Gasteiger partial charge < -0.3 is 5.73 Å². The summed E-state index contributed by atoms with van der Waals surface area (Å²) in [7, 11) is 0.729. The number of nitrogens with two attached hydrogens (primary N) is 1. The van der Waals surface area contributed by atoms with Crippen molar-refractivity contribution in [1.29, 1.82) is 0 Å². The van der Waals surface area contributed by atoms with Gasteiger partial charge in [-0.2, -0.15) is 0 Å². The van der Waals surface area contributed by atoms with Gasteiger partial charge in [-0.3, -0.25) is 4.59 Å². The second kappa shape index (κ2) is 2.68. The summed E-state index contributed by atoms with van der Waals surface area (Å²) >= 11 is 0. The van der Waals surface area contributed by atoms with Crippen LogP contribution < -0.4 is 5.73 Å². The van der Waals surface area contributed by atoms with Crippen LogP contribution in [0.5, 0.6) is 0 Å². The molecule has 0 amide bonds. The lowest BCUT2D eigenvalue weighted by Crippen LogP contribution is -2.06. The molecule has 0 aliphatic rings. The molecule has 7 heteroatoms. The van der Waals surface area contributed by atoms with Crippen LogP contribution in [0.15, 0.2) is 0 Å². The SMILES string of the molecule is CBn1nnc2c(N)nc(C)nc21. The van der Waals surface area contributed by atoms with E-state index in [-0.39, 0.29) is 0 Å². The molecule has 13 heavy (non-hydrogen) atoms. The van der Waals surface area contributed by atoms with Gasteiger partial charge in [0.15, 0.2) is 17.0 Å². The number of fused-ring (bicyclic) bond motifs is 1. The highest BCUT2D eigenvalue weighted by Crippen LogP contribution is 2.12. The van der Waals surface area contributed by atoms with Gasteiger partial charge in [-0.25, -0.2) is 9.97 Å². The van der Waals surface area contributed by atoms with E-state index >= 15 is 0 Å². The quantitative estimate of drug-likeness (QED) is 0.584. The molecule has 2 aromatic heterocycles. The van der Waals surface area contributed by atoms with Crippen LogP contribution in [0.4, 0.5) is 5.82 Å². The Morgan fingerprint density at radius 1 is 1.38 bits per heavy atom. The van der Waals surface area contributed by atoms with E-state index < -0.39 is 0 Å². The van der Waals surface area contributed by atoms with E-state index in [4.69, 9.17) is 5.73 Å². The highest BCUT2D eigenvalue weighted by Gasteiger charge is 2.09. The van der Waals surface area contributed by atoms with Gasteiger partial charge in [-0.1, -0.05) is 12.0 Å². The van der Waals surface area contributed by atoms with Crippen molar-refractivity contribution in [3.63, 3.8) is 0 Å². The zero-order valence-electron chi connectivity index (χ0n) is 7.52. The number of nitrogens with zero attached hydrogens (tertiary/aromatic N) is 5. The van der Waals surface area contributed by atoms with Gasteiger partial charge in [-0.15, -0.1) is 5.10 Å². The minimum absolute atomic E-state index is 0.391. The average molecular weight is 176 g/mol. The van der Waals surface area contributed by atoms with E-state index in [0.717, 1.165) is 7.41 Å². The van der Waals surface area contributed by atoms with Crippen LogP contribution >= 0.6 is 0 Å². The van der Waals surface area contributed by atoms with Crippen molar-refractivity contribution >= 4 is 24.4 Å². The van der Waals surface area contributed by atoms with E-state index in [0.29, 0.717) is 22.8 Å². The molecule has 0 fully saturated rings. The first-order valence-electron chi connectivity index (χ1n) is 4.05. The van der Waals surface area contributed by atoms with Crippen LogP contribution in [0.2, 0.25) is 6.82 Å². The zero-order valence-corrected chi connectivity index (χ0v) is 7.52. The minimum Gasteiger partial charge on any atom is -0.382 e. The molecule has 0 aliphatic heterocycles. The Hall–Kier alpha value is -1.66. The summed E-state index contributed by atoms with van der Waals surface area (Å²) in [5.74, 6) is 1.03. The monoisotopic (exact) mass is 176 g/mol. The average Bonchev–Trinajstić information content (AvgIpc) is 2.47. The molecule has 0 unspecified atom stereocenters. The van der Waals surface area contributed by atoms with E-state index in [9.17, 15) is 0 Å². The lowest BCUT2D eigenvalue weighted by atomic mass is 10.0. The van der Waals surface area contributed by atoms with Crippen molar-refractivity contribution in [2.24, 2.45) is 0 Å². The highest BCUT2D eigenvalue weighted by molar-refractivity contribution is 6.32. The molecular weight excluding hydrogens is 167 g/mol. The molecule has 2 rings (SSSR count). The fraction of sp³-hybridized carbons (Fsp3) is 0.333. The Kier molecular flexibility index (Phi) is 1.65. The molecular formula is C6H9BN6. The number of nitrogen functional groups attached to an aromatic ring is 1. The molecule has 6 nitrogen and oxygen atoms in total. The predicted molar refractivity (Wildman–Crippen MR) is 50.7 cm³/mol. The van der Waals surface area contributed by atoms with Crippen molar-refractivity contribution in [2.45, 2.75) is 13.7 Å². The largest absolute Gasteiger partial charge is 0.382 e. The summed E-state index contributed by atoms with van der Waals surface area (Å²) in [6.45, 7) is 3.77. The van der Waals surface area contributed by atoms with Gasteiger partial charge in [0.2, 0.25) is 0 Å². The molecule has 0 bridgehead atoms. The molecule has 0 aliphatic carbocycles. The van der Waals surface area contributed by atoms with Crippen molar-refractivity contribution in [3.8, 4) is 0 Å². The van der Waals surface area contributed by atoms with E-state index in [2.05, 4.69) is 20.3 Å². The molecule has 2 N–H and O–H groups in total. The maximum absolute atomic E-state index is 5.66. The second-order valence-corrected chi connectivity index (χ2v) is 2.73. The topological polar surface area (TPSA) is 82.5 Å². The van der Waals surface area contributed by atoms with Crippen molar-refractivity contribution < 1.29 is 0 Å². The zero-order chi connectivity index (χ0) is 9.42. The van der Waals surface area contributed by atoms with Crippen LogP contribution in [-0.4, -0.2) is 32.3 Å². The number of rotatable bonds is 1. The molecule has 2 heterocycles. The lowest BCUT2D eigenvalue weighted by Gasteiger charge is -1.97. The third kappa shape index (κ3) is 1.12. The van der Waals surface area contributed by atoms with Crippen LogP contribution in [0.3, 0.4) is 0 Å². The van der Waals surface area contributed by atoms with Crippen molar-refractivity contribution in [3.05, 3.63) is 5.82 Å². The number of aromatic nitrogens is 5. The van der Waals surface area contributed by atoms with E-state index in [1.54, 1.807) is 11.5 Å². The van der Waals surface area contributed by atoms with Crippen LogP contribution in [0.25, 0.3) is 11.2 Å². The molecule has 2 aromatic rings. The third-order valence-corrected chi connectivity index (χ3v) is 1.80. The van der Waals surface area contributed by atoms with Gasteiger partial charge in [-0.05, 0) is 6.92 Å². The fourth-order valence-electron chi connectivity index (χ4n) is 1.20. The molecule has 0 radical (unpaired) electrons. The Labute approximate surface area is 75.4 Å². The maximum atomic E-state index is 5.66. The predicted octanol–water partition coefficient (Wildman–Crippen LogP) is -0.640. The number of aryl methyl sites for hydroxylation is 1. The van der Waals surface area contributed by atoms with Gasteiger partial charge in [0, 0.05) is 0 Å². The smallest absolute Gasteiger partial charge is 0.268 e. The summed E-state index contributed by atoms with van der Waals surface area (Å²) in [5.41, 5.74) is 6.94. The molecule has 0 aromatic carbocycles. The summed E-state index contributed by atoms with van der Waals surface area (Å²) in [6.07, 6.45) is 0. The number of anilines is 1. The fourth-order valence-corrected chi connectivity index (χ4v) is 1.20. The second-order valence-electron chi connectivity index (χ2n) is 2.73. The Balaban J connectivity index is 2.82. The first-order chi connectivity index (χ1) is 6.22. The van der Waals surface area contributed by atoms with E-state index in [1.807, 2.05) is 6.82 Å². The summed E-state index contributed by atoms with van der Waals surface area (Å²) in [5, 5.41) is 7.79. The number of hydrogen-bond donors (Lipinski definition) is 1. The first kappa shape index (κ1) is 7.97. The Morgan fingerprint density at radius 3 is 2.85 bits per heavy atom. The standard InChI is InChI=1S/C6H9BN6/c1-3-9-5(8)4-6(10-3)13(7-2)12-11-4/h7H,1-2H3,(H2,8,9,10). The molecule has 0 atom stereocenters. The normalized spacial score (nSPS) is 10.6. The maximum Gasteiger partial charge on any atom is 0.268 e. The van der Waals surface area contributed by atoms with Gasteiger partial charge in [0.05, 0.1) is 0 Å². The summed E-state index contributed by atoms with van der Waals surface area (Å²) < 4.78 is 1.69. The molecule has 0 spiro atoms. The van der Waals surface area contributed by atoms with Crippen LogP contribution in [-0.2, 0) is 0 Å². The van der Waals surface area contributed by atoms with E-state index in [1.165, 1.54) is 0 Å².